The van der Waals surface area contributed by atoms with E-state index in [-0.39, 0.29) is 20.4 Å². The van der Waals surface area contributed by atoms with Crippen molar-refractivity contribution in [2.45, 2.75) is 27.7 Å². The second-order valence-electron chi connectivity index (χ2n) is 1.08. The number of hydrogen-bond donors (Lipinski definition) is 0. The topological polar surface area (TPSA) is 0 Å². The van der Waals surface area contributed by atoms with Crippen molar-refractivity contribution in [2.24, 2.45) is 0 Å². The third-order valence-corrected chi connectivity index (χ3v) is 0.607. The van der Waals surface area contributed by atoms with Gasteiger partial charge in [0.15, 0.2) is 0 Å². The van der Waals surface area contributed by atoms with Gasteiger partial charge in [-0.05, 0) is 0 Å². The third kappa shape index (κ3) is 17.7. The van der Waals surface area contributed by atoms with E-state index in [2.05, 4.69) is 6.07 Å². The van der Waals surface area contributed by atoms with E-state index in [1.165, 1.54) is 0 Å². The maximum absolute atomic E-state index is 2.89. The van der Waals surface area contributed by atoms with Gasteiger partial charge in [-0.25, -0.2) is 0 Å². The molecule has 1 aromatic rings. The second kappa shape index (κ2) is 22.5. The number of rotatable bonds is 0. The Balaban J connectivity index is -0.000000114. The van der Waals surface area contributed by atoms with Crippen LogP contribution in [0.15, 0.2) is 30.3 Å². The van der Waals surface area contributed by atoms with Gasteiger partial charge in [0.1, 0.15) is 0 Å². The summed E-state index contributed by atoms with van der Waals surface area (Å²) in [4.78, 5) is 0. The molecule has 0 heterocycles. The zero-order chi connectivity index (χ0) is 8.24. The molecular formula is C10H17Re-. The Bertz CT molecular complexity index is 76.8. The van der Waals surface area contributed by atoms with E-state index < -0.39 is 0 Å². The van der Waals surface area contributed by atoms with Crippen molar-refractivity contribution in [3.8, 4) is 0 Å². The van der Waals surface area contributed by atoms with Crippen molar-refractivity contribution in [2.75, 3.05) is 0 Å². The molecule has 0 amide bonds. The quantitative estimate of drug-likeness (QED) is 0.641. The summed E-state index contributed by atoms with van der Waals surface area (Å²) in [6.45, 7) is 8.00. The van der Waals surface area contributed by atoms with Gasteiger partial charge in [-0.15, -0.1) is 0 Å². The van der Waals surface area contributed by atoms with Crippen LogP contribution in [0.5, 0.6) is 0 Å². The molecule has 0 bridgehead atoms. The number of hydrogen-bond acceptors (Lipinski definition) is 0. The van der Waals surface area contributed by atoms with Crippen molar-refractivity contribution in [3.63, 3.8) is 0 Å². The van der Waals surface area contributed by atoms with Crippen molar-refractivity contribution < 1.29 is 20.4 Å². The van der Waals surface area contributed by atoms with Crippen LogP contribution in [0.2, 0.25) is 0 Å². The molecule has 0 N–H and O–H groups in total. The molecule has 0 unspecified atom stereocenters. The largest absolute Gasteiger partial charge is 0.184 e. The van der Waals surface area contributed by atoms with Crippen LogP contribution in [0.3, 0.4) is 0 Å². The average molecular weight is 323 g/mol. The molecule has 0 spiro atoms. The Morgan fingerprint density at radius 2 is 1.09 bits per heavy atom. The van der Waals surface area contributed by atoms with Gasteiger partial charge in [-0.3, -0.25) is 0 Å². The first-order valence-corrected chi connectivity index (χ1v) is 3.91. The fraction of sp³-hybridized carbons (Fsp3) is 0.400. The molecule has 0 nitrogen and oxygen atoms in total. The molecule has 0 aromatic heterocycles. The minimum absolute atomic E-state index is 0. The molecule has 0 fully saturated rings. The zero-order valence-electron chi connectivity index (χ0n) is 7.76. The standard InChI is InChI=1S/C6H5.2C2H6.Re/c1-2-4-6-5-3-1;2*1-2;/h1-5H;2*1-2H3;/q-1;;;. The first kappa shape index (κ1) is 17.1. The van der Waals surface area contributed by atoms with Crippen molar-refractivity contribution >= 4 is 0 Å². The van der Waals surface area contributed by atoms with Crippen LogP contribution in [-0.2, 0) is 20.4 Å². The summed E-state index contributed by atoms with van der Waals surface area (Å²) in [6, 6.07) is 12.5. The first-order chi connectivity index (χ1) is 5.00. The summed E-state index contributed by atoms with van der Waals surface area (Å²) < 4.78 is 0. The molecule has 1 heteroatoms. The zero-order valence-corrected chi connectivity index (χ0v) is 10.5. The van der Waals surface area contributed by atoms with Gasteiger partial charge in [0.2, 0.25) is 0 Å². The smallest absolute Gasteiger partial charge is 0 e. The normalized spacial score (nSPS) is 5.45. The summed E-state index contributed by atoms with van der Waals surface area (Å²) >= 11 is 0. The monoisotopic (exact) mass is 324 g/mol. The van der Waals surface area contributed by atoms with Gasteiger partial charge >= 0.3 is 0 Å². The van der Waals surface area contributed by atoms with Gasteiger partial charge < -0.3 is 0 Å². The van der Waals surface area contributed by atoms with E-state index in [1.807, 2.05) is 58.0 Å². The summed E-state index contributed by atoms with van der Waals surface area (Å²) in [5.41, 5.74) is 0. The molecule has 1 aromatic carbocycles. The third-order valence-electron chi connectivity index (χ3n) is 0.607. The Kier molecular flexibility index (Phi) is 35.0. The Labute approximate surface area is 84.7 Å². The van der Waals surface area contributed by atoms with Crippen LogP contribution in [-0.4, -0.2) is 0 Å². The Hall–Kier alpha value is -0.118. The molecule has 0 saturated heterocycles. The molecule has 0 saturated carbocycles. The second-order valence-corrected chi connectivity index (χ2v) is 1.08. The maximum atomic E-state index is 2.89. The SMILES string of the molecule is CC.CC.[Re].[c-]1ccccc1. The Morgan fingerprint density at radius 1 is 0.727 bits per heavy atom. The van der Waals surface area contributed by atoms with Crippen LogP contribution in [0, 0.1) is 6.07 Å². The van der Waals surface area contributed by atoms with Crippen molar-refractivity contribution in [3.05, 3.63) is 36.4 Å². The van der Waals surface area contributed by atoms with Gasteiger partial charge in [0, 0.05) is 20.4 Å². The molecule has 0 aliphatic carbocycles. The van der Waals surface area contributed by atoms with Gasteiger partial charge in [-0.1, -0.05) is 27.7 Å². The van der Waals surface area contributed by atoms with Crippen molar-refractivity contribution in [1.29, 1.82) is 0 Å². The molecule has 65 valence electrons. The molecule has 0 aliphatic heterocycles. The molecule has 0 aliphatic rings. The van der Waals surface area contributed by atoms with Gasteiger partial charge in [0.25, 0.3) is 0 Å². The minimum atomic E-state index is 0. The fourth-order valence-corrected chi connectivity index (χ4v) is 0.342. The van der Waals surface area contributed by atoms with Crippen LogP contribution >= 0.6 is 0 Å². The molecular weight excluding hydrogens is 306 g/mol. The summed E-state index contributed by atoms with van der Waals surface area (Å²) in [6.07, 6.45) is 0. The van der Waals surface area contributed by atoms with E-state index in [1.54, 1.807) is 0 Å². The summed E-state index contributed by atoms with van der Waals surface area (Å²) in [7, 11) is 0. The predicted molar refractivity (Wildman–Crippen MR) is 48.0 cm³/mol. The molecule has 0 atom stereocenters. The van der Waals surface area contributed by atoms with Gasteiger partial charge in [0.05, 0.1) is 0 Å². The van der Waals surface area contributed by atoms with Crippen LogP contribution in [0.1, 0.15) is 27.7 Å². The molecule has 1 radical (unpaired) electrons. The Morgan fingerprint density at radius 3 is 1.18 bits per heavy atom. The summed E-state index contributed by atoms with van der Waals surface area (Å²) in [5.74, 6) is 0. The average Bonchev–Trinajstić information content (AvgIpc) is 2.14. The van der Waals surface area contributed by atoms with E-state index >= 15 is 0 Å². The van der Waals surface area contributed by atoms with Crippen LogP contribution in [0.25, 0.3) is 0 Å². The number of benzene rings is 1. The molecule has 11 heavy (non-hydrogen) atoms. The van der Waals surface area contributed by atoms with Gasteiger partial charge in [-0.2, -0.15) is 36.4 Å². The fourth-order valence-electron chi connectivity index (χ4n) is 0.342. The maximum Gasteiger partial charge on any atom is 0 e. The summed E-state index contributed by atoms with van der Waals surface area (Å²) in [5, 5.41) is 0. The van der Waals surface area contributed by atoms with Crippen molar-refractivity contribution in [1.82, 2.24) is 0 Å². The van der Waals surface area contributed by atoms with Crippen LogP contribution < -0.4 is 0 Å². The first-order valence-electron chi connectivity index (χ1n) is 3.91. The molecule has 1 rings (SSSR count). The predicted octanol–water partition coefficient (Wildman–Crippen LogP) is 3.54. The van der Waals surface area contributed by atoms with E-state index in [0.717, 1.165) is 0 Å². The van der Waals surface area contributed by atoms with E-state index in [4.69, 9.17) is 0 Å². The minimum Gasteiger partial charge on any atom is -0.184 e. The van der Waals surface area contributed by atoms with E-state index in [0.29, 0.717) is 0 Å². The van der Waals surface area contributed by atoms with Crippen LogP contribution in [0.4, 0.5) is 0 Å². The van der Waals surface area contributed by atoms with E-state index in [9.17, 15) is 0 Å².